The zero-order chi connectivity index (χ0) is 26.7. The molecule has 3 N–H and O–H groups in total. The monoisotopic (exact) mass is 547 g/mol. The standard InChI is InChI=1S/C25H34ClN7O3S/c1-17-15-33(28-2)23(29-24(17)31-13-11-19(27)16-31)10-8-20-6-4-5-12-32(20)25(34)21-14-18(26)7-9-22(21)30-37(3,35)36/h7,9-10,14-15,19-20,30H,2,4-6,8,11-13,16,27H2,1,3H3/b23-10-/t19-,20-/m0/s1. The predicted molar refractivity (Wildman–Crippen MR) is 148 cm³/mol. The molecule has 0 unspecified atom stereocenters. The fourth-order valence-corrected chi connectivity index (χ4v) is 5.75. The fraction of sp³-hybridized carbons (Fsp3) is 0.480. The van der Waals surface area contributed by atoms with Crippen molar-refractivity contribution in [3.05, 3.63) is 52.5 Å². The lowest BCUT2D eigenvalue weighted by molar-refractivity contribution is 0.0617. The average molecular weight is 548 g/mol. The molecule has 1 amide bonds. The molecule has 10 nitrogen and oxygen atoms in total. The molecule has 0 radical (unpaired) electrons. The molecule has 2 fully saturated rings. The summed E-state index contributed by atoms with van der Waals surface area (Å²) in [5.74, 6) is 1.27. The van der Waals surface area contributed by atoms with Gasteiger partial charge in [-0.2, -0.15) is 5.10 Å². The van der Waals surface area contributed by atoms with Crippen LogP contribution in [-0.2, 0) is 10.0 Å². The molecular formula is C25H34ClN7O3S. The summed E-state index contributed by atoms with van der Waals surface area (Å²) in [5.41, 5.74) is 7.55. The van der Waals surface area contributed by atoms with Crippen molar-refractivity contribution in [1.82, 2.24) is 14.8 Å². The smallest absolute Gasteiger partial charge is 0.256 e. The highest BCUT2D eigenvalue weighted by Gasteiger charge is 2.30. The first kappa shape index (κ1) is 27.2. The van der Waals surface area contributed by atoms with E-state index in [4.69, 9.17) is 22.3 Å². The molecule has 4 rings (SSSR count). The Hall–Kier alpha value is -2.89. The van der Waals surface area contributed by atoms with Crippen LogP contribution in [0.25, 0.3) is 0 Å². The van der Waals surface area contributed by atoms with E-state index in [2.05, 4.69) is 21.4 Å². The number of anilines is 1. The highest BCUT2D eigenvalue weighted by atomic mass is 35.5. The second kappa shape index (κ2) is 11.2. The van der Waals surface area contributed by atoms with Gasteiger partial charge in [0.1, 0.15) is 5.84 Å². The molecule has 3 aliphatic heterocycles. The molecule has 0 bridgehead atoms. The van der Waals surface area contributed by atoms with Gasteiger partial charge in [-0.05, 0) is 63.3 Å². The minimum atomic E-state index is -3.57. The average Bonchev–Trinajstić information content (AvgIpc) is 3.29. The van der Waals surface area contributed by atoms with Gasteiger partial charge in [0, 0.05) is 55.2 Å². The topological polar surface area (TPSA) is 124 Å². The van der Waals surface area contributed by atoms with Crippen molar-refractivity contribution in [3.8, 4) is 0 Å². The summed E-state index contributed by atoms with van der Waals surface area (Å²) < 4.78 is 26.2. The minimum Gasteiger partial charge on any atom is -0.355 e. The Morgan fingerprint density at radius 1 is 1.32 bits per heavy atom. The first-order valence-corrected chi connectivity index (χ1v) is 14.6. The molecule has 12 heteroatoms. The van der Waals surface area contributed by atoms with Gasteiger partial charge in [0.15, 0.2) is 5.82 Å². The molecule has 37 heavy (non-hydrogen) atoms. The zero-order valence-electron chi connectivity index (χ0n) is 21.2. The Kier molecular flexibility index (Phi) is 8.25. The highest BCUT2D eigenvalue weighted by Crippen LogP contribution is 2.29. The number of hydrogen-bond donors (Lipinski definition) is 2. The quantitative estimate of drug-likeness (QED) is 0.527. The van der Waals surface area contributed by atoms with E-state index in [-0.39, 0.29) is 29.2 Å². The number of rotatable bonds is 6. The number of amides is 1. The van der Waals surface area contributed by atoms with Crippen LogP contribution in [0.2, 0.25) is 5.02 Å². The maximum absolute atomic E-state index is 13.7. The Balaban J connectivity index is 1.59. The number of halogens is 1. The van der Waals surface area contributed by atoms with Crippen LogP contribution in [0, 0.1) is 0 Å². The SMILES string of the molecule is C=NN1C=C(C)C(N2CC[C@H](N)C2)=N/C1=C/C[C@@H]1CCCCN1C(=O)c1cc(Cl)ccc1NS(C)(=O)=O. The van der Waals surface area contributed by atoms with Crippen LogP contribution in [-0.4, -0.2) is 79.7 Å². The van der Waals surface area contributed by atoms with Crippen LogP contribution in [0.5, 0.6) is 0 Å². The van der Waals surface area contributed by atoms with Crippen molar-refractivity contribution in [2.75, 3.05) is 30.6 Å². The number of nitrogens with one attached hydrogen (secondary N) is 1. The van der Waals surface area contributed by atoms with E-state index in [1.54, 1.807) is 16.0 Å². The van der Waals surface area contributed by atoms with Crippen molar-refractivity contribution in [1.29, 1.82) is 0 Å². The fourth-order valence-electron chi connectivity index (χ4n) is 5.00. The van der Waals surface area contributed by atoms with Gasteiger partial charge in [-0.15, -0.1) is 0 Å². The third kappa shape index (κ3) is 6.52. The van der Waals surface area contributed by atoms with Gasteiger partial charge in [0.2, 0.25) is 10.0 Å². The summed E-state index contributed by atoms with van der Waals surface area (Å²) >= 11 is 6.18. The van der Waals surface area contributed by atoms with Gasteiger partial charge in [0.25, 0.3) is 5.91 Å². The van der Waals surface area contributed by atoms with Crippen LogP contribution in [0.1, 0.15) is 49.4 Å². The molecular weight excluding hydrogens is 514 g/mol. The van der Waals surface area contributed by atoms with E-state index in [0.717, 1.165) is 56.4 Å². The summed E-state index contributed by atoms with van der Waals surface area (Å²) in [6.07, 6.45) is 9.11. The summed E-state index contributed by atoms with van der Waals surface area (Å²) in [7, 11) is -3.57. The number of hydrazone groups is 1. The number of carbonyl (C=O) groups is 1. The summed E-state index contributed by atoms with van der Waals surface area (Å²) in [6.45, 7) is 7.86. The lowest BCUT2D eigenvalue weighted by Gasteiger charge is -2.36. The summed E-state index contributed by atoms with van der Waals surface area (Å²) in [6, 6.07) is 4.63. The molecule has 0 spiro atoms. The lowest BCUT2D eigenvalue weighted by Crippen LogP contribution is -2.44. The number of amidine groups is 1. The van der Waals surface area contributed by atoms with Crippen molar-refractivity contribution in [2.45, 2.75) is 51.1 Å². The van der Waals surface area contributed by atoms with Crippen LogP contribution in [0.15, 0.2) is 52.0 Å². The predicted octanol–water partition coefficient (Wildman–Crippen LogP) is 3.20. The van der Waals surface area contributed by atoms with Gasteiger partial charge in [0.05, 0.1) is 17.5 Å². The van der Waals surface area contributed by atoms with Crippen LogP contribution in [0.3, 0.4) is 0 Å². The number of aliphatic imine (C=N–C) groups is 1. The third-order valence-electron chi connectivity index (χ3n) is 6.77. The number of nitrogens with zero attached hydrogens (tertiary/aromatic N) is 5. The molecule has 0 aromatic heterocycles. The maximum Gasteiger partial charge on any atom is 0.256 e. The van der Waals surface area contributed by atoms with E-state index in [1.807, 2.05) is 19.2 Å². The summed E-state index contributed by atoms with van der Waals surface area (Å²) in [4.78, 5) is 22.5. The largest absolute Gasteiger partial charge is 0.355 e. The van der Waals surface area contributed by atoms with Gasteiger partial charge in [-0.25, -0.2) is 18.4 Å². The number of carbonyl (C=O) groups excluding carboxylic acids is 1. The number of nitrogens with two attached hydrogens (primary N) is 1. The molecule has 2 atom stereocenters. The van der Waals surface area contributed by atoms with Crippen LogP contribution < -0.4 is 10.5 Å². The van der Waals surface area contributed by atoms with E-state index in [0.29, 0.717) is 23.8 Å². The normalized spacial score (nSPS) is 23.7. The minimum absolute atomic E-state index is 0.0867. The molecule has 3 heterocycles. The second-order valence-electron chi connectivity index (χ2n) is 9.74. The first-order valence-electron chi connectivity index (χ1n) is 12.4. The van der Waals surface area contributed by atoms with Crippen molar-refractivity contribution in [2.24, 2.45) is 15.8 Å². The van der Waals surface area contributed by atoms with Gasteiger partial charge in [-0.1, -0.05) is 11.6 Å². The maximum atomic E-state index is 13.7. The first-order chi connectivity index (χ1) is 17.6. The number of piperidine rings is 1. The molecule has 1 aromatic carbocycles. The number of sulfonamides is 1. The molecule has 1 aromatic rings. The molecule has 200 valence electrons. The number of likely N-dealkylation sites (tertiary alicyclic amines) is 2. The second-order valence-corrected chi connectivity index (χ2v) is 11.9. The molecule has 0 saturated carbocycles. The molecule has 0 aliphatic carbocycles. The highest BCUT2D eigenvalue weighted by molar-refractivity contribution is 7.92. The van der Waals surface area contributed by atoms with Crippen LogP contribution in [0.4, 0.5) is 5.69 Å². The van der Waals surface area contributed by atoms with E-state index in [9.17, 15) is 13.2 Å². The Bertz CT molecular complexity index is 1260. The molecule has 3 aliphatic rings. The number of hydrogen-bond acceptors (Lipinski definition) is 8. The van der Waals surface area contributed by atoms with Gasteiger partial charge >= 0.3 is 0 Å². The van der Waals surface area contributed by atoms with E-state index >= 15 is 0 Å². The zero-order valence-corrected chi connectivity index (χ0v) is 22.8. The van der Waals surface area contributed by atoms with E-state index in [1.165, 1.54) is 12.1 Å². The lowest BCUT2D eigenvalue weighted by atomic mass is 9.97. The number of benzene rings is 1. The molecule has 2 saturated heterocycles. The van der Waals surface area contributed by atoms with Crippen molar-refractivity contribution in [3.63, 3.8) is 0 Å². The summed E-state index contributed by atoms with van der Waals surface area (Å²) in [5, 5.41) is 6.11. The van der Waals surface area contributed by atoms with E-state index < -0.39 is 10.0 Å². The van der Waals surface area contributed by atoms with Crippen molar-refractivity contribution < 1.29 is 13.2 Å². The van der Waals surface area contributed by atoms with Gasteiger partial charge < -0.3 is 15.5 Å². The Morgan fingerprint density at radius 2 is 2.11 bits per heavy atom. The van der Waals surface area contributed by atoms with Gasteiger partial charge in [-0.3, -0.25) is 9.52 Å². The third-order valence-corrected chi connectivity index (χ3v) is 7.59. The van der Waals surface area contributed by atoms with Crippen LogP contribution >= 0.6 is 11.6 Å². The Morgan fingerprint density at radius 3 is 2.78 bits per heavy atom. The Labute approximate surface area is 223 Å². The van der Waals surface area contributed by atoms with Crippen molar-refractivity contribution >= 4 is 45.8 Å².